The van der Waals surface area contributed by atoms with Crippen molar-refractivity contribution in [2.75, 3.05) is 0 Å². The second-order valence-corrected chi connectivity index (χ2v) is 15.2. The molecular weight excluding hydrogens is 440 g/mol. The van der Waals surface area contributed by atoms with Crippen molar-refractivity contribution in [2.45, 2.75) is 84.6 Å². The maximum atomic E-state index is 12.8. The molecule has 0 fully saturated rings. The molecule has 0 amide bonds. The number of benzene rings is 3. The Kier molecular flexibility index (Phi) is 10.1. The van der Waals surface area contributed by atoms with Gasteiger partial charge in [-0.2, -0.15) is 0 Å². The van der Waals surface area contributed by atoms with Crippen molar-refractivity contribution in [1.82, 2.24) is 0 Å². The zero-order valence-corrected chi connectivity index (χ0v) is 23.3. The Bertz CT molecular complexity index is 909. The Morgan fingerprint density at radius 1 is 0.657 bits per heavy atom. The Labute approximate surface area is 215 Å². The molecule has 0 saturated heterocycles. The standard InChI is InChI=1S/C33H44OSi/c1-5-6-7-11-19-31(26-18-27-32(34)33(2,3)4)35(28-20-12-8-13-21-28,29-22-14-9-15-23-29)30-24-16-10-17-25-30/h8-10,12-17,20-25,31H,5-7,11,18-19,26-27H2,1-4H3. The molecule has 0 bridgehead atoms. The first-order chi connectivity index (χ1) is 16.9. The molecule has 0 aliphatic rings. The quantitative estimate of drug-likeness (QED) is 0.141. The molecular formula is C33H44OSi. The third-order valence-electron chi connectivity index (χ3n) is 7.50. The molecule has 0 aromatic heterocycles. The number of hydrogen-bond acceptors (Lipinski definition) is 1. The largest absolute Gasteiger partial charge is 0.299 e. The molecule has 0 aliphatic heterocycles. The summed E-state index contributed by atoms with van der Waals surface area (Å²) in [5.74, 6) is 0.383. The zero-order valence-electron chi connectivity index (χ0n) is 22.3. The first kappa shape index (κ1) is 27.1. The van der Waals surface area contributed by atoms with Crippen LogP contribution in [0.15, 0.2) is 91.0 Å². The molecule has 0 spiro atoms. The third kappa shape index (κ3) is 6.82. The average molecular weight is 485 g/mol. The van der Waals surface area contributed by atoms with E-state index < -0.39 is 8.07 Å². The van der Waals surface area contributed by atoms with Crippen molar-refractivity contribution in [1.29, 1.82) is 0 Å². The Morgan fingerprint density at radius 2 is 1.09 bits per heavy atom. The number of carbonyl (C=O) groups excluding carboxylic acids is 1. The lowest BCUT2D eigenvalue weighted by Crippen LogP contribution is -2.69. The fourth-order valence-corrected chi connectivity index (χ4v) is 11.4. The highest BCUT2D eigenvalue weighted by atomic mass is 28.3. The van der Waals surface area contributed by atoms with Crippen LogP contribution in [0.2, 0.25) is 5.54 Å². The molecule has 1 nitrogen and oxygen atoms in total. The minimum absolute atomic E-state index is 0.260. The Morgan fingerprint density at radius 3 is 1.49 bits per heavy atom. The first-order valence-corrected chi connectivity index (χ1v) is 15.7. The number of carbonyl (C=O) groups is 1. The molecule has 35 heavy (non-hydrogen) atoms. The van der Waals surface area contributed by atoms with Gasteiger partial charge in [0.05, 0.1) is 0 Å². The van der Waals surface area contributed by atoms with E-state index in [9.17, 15) is 4.79 Å². The second-order valence-electron chi connectivity index (χ2n) is 11.0. The van der Waals surface area contributed by atoms with E-state index in [2.05, 4.69) is 119 Å². The maximum Gasteiger partial charge on any atom is 0.151 e. The minimum Gasteiger partial charge on any atom is -0.299 e. The van der Waals surface area contributed by atoms with Crippen LogP contribution in [0.4, 0.5) is 0 Å². The molecule has 186 valence electrons. The molecule has 1 unspecified atom stereocenters. The predicted molar refractivity (Wildman–Crippen MR) is 155 cm³/mol. The van der Waals surface area contributed by atoms with E-state index >= 15 is 0 Å². The second kappa shape index (κ2) is 13.0. The van der Waals surface area contributed by atoms with E-state index in [0.29, 0.717) is 17.7 Å². The predicted octanol–water partition coefficient (Wildman–Crippen LogP) is 7.28. The summed E-state index contributed by atoms with van der Waals surface area (Å²) in [6, 6.07) is 33.9. The average Bonchev–Trinajstić information content (AvgIpc) is 2.88. The molecule has 3 aromatic rings. The van der Waals surface area contributed by atoms with Crippen LogP contribution in [0, 0.1) is 5.41 Å². The maximum absolute atomic E-state index is 12.8. The summed E-state index contributed by atoms with van der Waals surface area (Å²) in [5, 5.41) is 4.46. The highest BCUT2D eigenvalue weighted by Gasteiger charge is 2.45. The van der Waals surface area contributed by atoms with Crippen molar-refractivity contribution in [2.24, 2.45) is 5.41 Å². The SMILES string of the molecule is CCCCCCC(CCCC(=O)C(C)(C)C)[Si](c1ccccc1)(c1ccccc1)c1ccccc1. The molecule has 2 heteroatoms. The van der Waals surface area contributed by atoms with Gasteiger partial charge in [0.15, 0.2) is 8.07 Å². The fourth-order valence-electron chi connectivity index (χ4n) is 5.59. The van der Waals surface area contributed by atoms with Gasteiger partial charge in [-0.3, -0.25) is 4.79 Å². The number of unbranched alkanes of at least 4 members (excludes halogenated alkanes) is 3. The Balaban J connectivity index is 2.12. The summed E-state index contributed by atoms with van der Waals surface area (Å²) in [5.41, 5.74) is 0.281. The normalized spacial score (nSPS) is 12.9. The van der Waals surface area contributed by atoms with Crippen LogP contribution in [0.1, 0.15) is 79.1 Å². The van der Waals surface area contributed by atoms with Gasteiger partial charge in [0.2, 0.25) is 0 Å². The van der Waals surface area contributed by atoms with Crippen LogP contribution in [0.3, 0.4) is 0 Å². The van der Waals surface area contributed by atoms with Gasteiger partial charge in [0.25, 0.3) is 0 Å². The van der Waals surface area contributed by atoms with Crippen molar-refractivity contribution >= 4 is 29.4 Å². The topological polar surface area (TPSA) is 17.1 Å². The number of Topliss-reactive ketones (excluding diaryl/α,β-unsaturated/α-hetero) is 1. The summed E-state index contributed by atoms with van der Waals surface area (Å²) >= 11 is 0. The smallest absolute Gasteiger partial charge is 0.151 e. The fraction of sp³-hybridized carbons (Fsp3) is 0.424. The van der Waals surface area contributed by atoms with Crippen LogP contribution >= 0.6 is 0 Å². The highest BCUT2D eigenvalue weighted by molar-refractivity contribution is 7.12. The van der Waals surface area contributed by atoms with Crippen LogP contribution in [0.25, 0.3) is 0 Å². The van der Waals surface area contributed by atoms with E-state index in [-0.39, 0.29) is 5.41 Å². The van der Waals surface area contributed by atoms with E-state index in [0.717, 1.165) is 12.8 Å². The molecule has 3 rings (SSSR count). The van der Waals surface area contributed by atoms with Crippen molar-refractivity contribution < 1.29 is 4.79 Å². The van der Waals surface area contributed by atoms with Gasteiger partial charge >= 0.3 is 0 Å². The number of rotatable bonds is 13. The van der Waals surface area contributed by atoms with Gasteiger partial charge in [-0.05, 0) is 27.5 Å². The molecule has 3 aromatic carbocycles. The molecule has 0 N–H and O–H groups in total. The third-order valence-corrected chi connectivity index (χ3v) is 13.0. The lowest BCUT2D eigenvalue weighted by Gasteiger charge is -2.41. The number of hydrogen-bond donors (Lipinski definition) is 0. The van der Waals surface area contributed by atoms with Crippen LogP contribution < -0.4 is 15.6 Å². The number of ketones is 1. The van der Waals surface area contributed by atoms with Gasteiger partial charge in [0, 0.05) is 11.8 Å². The van der Waals surface area contributed by atoms with E-state index in [1.807, 2.05) is 0 Å². The lowest BCUT2D eigenvalue weighted by molar-refractivity contribution is -0.126. The summed E-state index contributed by atoms with van der Waals surface area (Å²) in [6.07, 6.45) is 9.06. The van der Waals surface area contributed by atoms with E-state index in [4.69, 9.17) is 0 Å². The molecule has 0 radical (unpaired) electrons. The summed E-state index contributed by atoms with van der Waals surface area (Å²) in [6.45, 7) is 8.43. The van der Waals surface area contributed by atoms with Crippen molar-refractivity contribution in [3.63, 3.8) is 0 Å². The monoisotopic (exact) mass is 484 g/mol. The zero-order chi connectivity index (χ0) is 25.2. The first-order valence-electron chi connectivity index (χ1n) is 13.6. The van der Waals surface area contributed by atoms with Gasteiger partial charge in [-0.1, -0.05) is 157 Å². The Hall–Kier alpha value is -2.45. The lowest BCUT2D eigenvalue weighted by atomic mass is 9.87. The van der Waals surface area contributed by atoms with E-state index in [1.54, 1.807) is 0 Å². The van der Waals surface area contributed by atoms with Gasteiger partial charge in [0.1, 0.15) is 5.78 Å². The van der Waals surface area contributed by atoms with Crippen molar-refractivity contribution in [3.8, 4) is 0 Å². The molecule has 0 saturated carbocycles. The molecule has 1 atom stereocenters. The summed E-state index contributed by atoms with van der Waals surface area (Å²) < 4.78 is 0. The van der Waals surface area contributed by atoms with Crippen LogP contribution in [-0.4, -0.2) is 13.9 Å². The van der Waals surface area contributed by atoms with E-state index in [1.165, 1.54) is 47.7 Å². The van der Waals surface area contributed by atoms with Gasteiger partial charge < -0.3 is 0 Å². The summed E-state index contributed by atoms with van der Waals surface area (Å²) in [4.78, 5) is 12.8. The molecule has 0 heterocycles. The van der Waals surface area contributed by atoms with Gasteiger partial charge in [-0.15, -0.1) is 0 Å². The summed E-state index contributed by atoms with van der Waals surface area (Å²) in [7, 11) is -2.34. The minimum atomic E-state index is -2.34. The highest BCUT2D eigenvalue weighted by Crippen LogP contribution is 2.34. The molecule has 0 aliphatic carbocycles. The van der Waals surface area contributed by atoms with Crippen LogP contribution in [-0.2, 0) is 4.79 Å². The van der Waals surface area contributed by atoms with Gasteiger partial charge in [-0.25, -0.2) is 0 Å². The van der Waals surface area contributed by atoms with Crippen LogP contribution in [0.5, 0.6) is 0 Å². The van der Waals surface area contributed by atoms with Crippen molar-refractivity contribution in [3.05, 3.63) is 91.0 Å².